The zero-order chi connectivity index (χ0) is 19.9. The number of hydrogen-bond acceptors (Lipinski definition) is 5. The van der Waals surface area contributed by atoms with Gasteiger partial charge < -0.3 is 9.47 Å². The molecule has 1 aliphatic rings. The highest BCUT2D eigenvalue weighted by Gasteiger charge is 2.18. The van der Waals surface area contributed by atoms with E-state index in [9.17, 15) is 4.79 Å². The van der Waals surface area contributed by atoms with Crippen molar-refractivity contribution in [2.24, 2.45) is 0 Å². The predicted octanol–water partition coefficient (Wildman–Crippen LogP) is 3.72. The summed E-state index contributed by atoms with van der Waals surface area (Å²) >= 11 is 0. The average Bonchev–Trinajstić information content (AvgIpc) is 2.71. The van der Waals surface area contributed by atoms with Crippen LogP contribution in [0.15, 0.2) is 61.5 Å². The number of carbonyl (C=O) groups is 1. The number of benzene rings is 1. The van der Waals surface area contributed by atoms with Crippen molar-refractivity contribution in [2.75, 3.05) is 26.3 Å². The molecule has 28 heavy (non-hydrogen) atoms. The van der Waals surface area contributed by atoms with Gasteiger partial charge in [0.1, 0.15) is 5.52 Å². The summed E-state index contributed by atoms with van der Waals surface area (Å²) in [5, 5.41) is 3.63. The second-order valence-electron chi connectivity index (χ2n) is 6.55. The molecule has 1 aromatic carbocycles. The number of fused-ring (bicyclic) bond motifs is 1. The van der Waals surface area contributed by atoms with Crippen LogP contribution < -0.4 is 10.1 Å². The molecule has 0 aliphatic carbocycles. The fourth-order valence-electron chi connectivity index (χ4n) is 3.22. The molecule has 6 nitrogen and oxygen atoms in total. The zero-order valence-electron chi connectivity index (χ0n) is 16.1. The normalized spacial score (nSPS) is 15.2. The highest BCUT2D eigenvalue weighted by molar-refractivity contribution is 5.91. The van der Waals surface area contributed by atoms with Gasteiger partial charge in [0.2, 0.25) is 0 Å². The van der Waals surface area contributed by atoms with Gasteiger partial charge in [0.25, 0.3) is 0 Å². The van der Waals surface area contributed by atoms with Gasteiger partial charge >= 0.3 is 6.09 Å². The maximum absolute atomic E-state index is 12.3. The lowest BCUT2D eigenvalue weighted by Crippen LogP contribution is -2.35. The minimum Gasteiger partial charge on any atom is -0.407 e. The van der Waals surface area contributed by atoms with Crippen molar-refractivity contribution in [3.63, 3.8) is 0 Å². The maximum Gasteiger partial charge on any atom is 0.417 e. The van der Waals surface area contributed by atoms with Crippen LogP contribution in [0, 0.1) is 6.92 Å². The Bertz CT molecular complexity index is 915. The molecule has 0 bridgehead atoms. The summed E-state index contributed by atoms with van der Waals surface area (Å²) in [5.41, 5.74) is 3.21. The first-order valence-electron chi connectivity index (χ1n) is 9.23. The molecular formula is C22H25N3O3. The average molecular weight is 379 g/mol. The molecule has 146 valence electrons. The molecule has 0 saturated carbocycles. The van der Waals surface area contributed by atoms with E-state index in [0.29, 0.717) is 17.0 Å². The van der Waals surface area contributed by atoms with E-state index in [1.54, 1.807) is 18.3 Å². The summed E-state index contributed by atoms with van der Waals surface area (Å²) in [7, 11) is 0. The van der Waals surface area contributed by atoms with Gasteiger partial charge in [-0.15, -0.1) is 0 Å². The third-order valence-corrected chi connectivity index (χ3v) is 4.57. The molecule has 2 aromatic rings. The van der Waals surface area contributed by atoms with Crippen molar-refractivity contribution in [3.8, 4) is 5.75 Å². The molecule has 0 atom stereocenters. The van der Waals surface area contributed by atoms with Gasteiger partial charge in [0, 0.05) is 36.9 Å². The number of amides is 1. The molecule has 1 aliphatic heterocycles. The second-order valence-corrected chi connectivity index (χ2v) is 6.55. The lowest BCUT2D eigenvalue weighted by molar-refractivity contribution is 0.0343. The Balaban J connectivity index is 1.89. The topological polar surface area (TPSA) is 63.7 Å². The molecule has 1 amide bonds. The van der Waals surface area contributed by atoms with Gasteiger partial charge in [-0.3, -0.25) is 15.2 Å². The Hall–Kier alpha value is -2.96. The fraction of sp³-hybridized carbons (Fsp3) is 0.273. The maximum atomic E-state index is 12.3. The summed E-state index contributed by atoms with van der Waals surface area (Å²) in [6.07, 6.45) is 5.85. The smallest absolute Gasteiger partial charge is 0.407 e. The van der Waals surface area contributed by atoms with Crippen LogP contribution in [0.25, 0.3) is 10.9 Å². The molecule has 0 unspecified atom stereocenters. The second kappa shape index (κ2) is 9.30. The predicted molar refractivity (Wildman–Crippen MR) is 110 cm³/mol. The minimum atomic E-state index is -0.594. The van der Waals surface area contributed by atoms with Gasteiger partial charge in [0.05, 0.1) is 13.2 Å². The van der Waals surface area contributed by atoms with Crippen molar-refractivity contribution < 1.29 is 14.3 Å². The van der Waals surface area contributed by atoms with Crippen LogP contribution in [0.2, 0.25) is 0 Å². The Kier molecular flexibility index (Phi) is 6.57. The van der Waals surface area contributed by atoms with E-state index in [0.717, 1.165) is 49.4 Å². The van der Waals surface area contributed by atoms with Crippen LogP contribution in [-0.2, 0) is 11.3 Å². The SMILES string of the molecule is C=C/C=C(\C=C)NC(=O)Oc1c(C)cc(CN2CCOCC2)c2cccnc12. The monoisotopic (exact) mass is 379 g/mol. The lowest BCUT2D eigenvalue weighted by Gasteiger charge is -2.27. The number of rotatable bonds is 6. The van der Waals surface area contributed by atoms with Gasteiger partial charge in [-0.05, 0) is 36.3 Å². The van der Waals surface area contributed by atoms with Crippen LogP contribution in [0.3, 0.4) is 0 Å². The quantitative estimate of drug-likeness (QED) is 0.775. The number of hydrogen-bond donors (Lipinski definition) is 1. The van der Waals surface area contributed by atoms with Crippen molar-refractivity contribution in [2.45, 2.75) is 13.5 Å². The molecule has 3 rings (SSSR count). The number of aromatic nitrogens is 1. The summed E-state index contributed by atoms with van der Waals surface area (Å²) in [6.45, 7) is 13.3. The van der Waals surface area contributed by atoms with Gasteiger partial charge in [-0.2, -0.15) is 0 Å². The van der Waals surface area contributed by atoms with E-state index in [4.69, 9.17) is 9.47 Å². The van der Waals surface area contributed by atoms with Gasteiger partial charge in [-0.25, -0.2) is 4.79 Å². The third kappa shape index (κ3) is 4.65. The first-order valence-corrected chi connectivity index (χ1v) is 9.23. The van der Waals surface area contributed by atoms with Crippen molar-refractivity contribution in [1.82, 2.24) is 15.2 Å². The summed E-state index contributed by atoms with van der Waals surface area (Å²) in [6, 6.07) is 5.97. The van der Waals surface area contributed by atoms with Crippen LogP contribution in [0.1, 0.15) is 11.1 Å². The largest absolute Gasteiger partial charge is 0.417 e. The van der Waals surface area contributed by atoms with E-state index in [2.05, 4.69) is 34.4 Å². The first kappa shape index (κ1) is 19.8. The Morgan fingerprint density at radius 3 is 2.89 bits per heavy atom. The summed E-state index contributed by atoms with van der Waals surface area (Å²) in [5.74, 6) is 0.459. The number of ether oxygens (including phenoxy) is 2. The number of allylic oxidation sites excluding steroid dienone is 3. The fourth-order valence-corrected chi connectivity index (χ4v) is 3.22. The minimum absolute atomic E-state index is 0.459. The molecule has 1 aromatic heterocycles. The Morgan fingerprint density at radius 1 is 1.39 bits per heavy atom. The van der Waals surface area contributed by atoms with E-state index in [1.807, 2.05) is 19.1 Å². The van der Waals surface area contributed by atoms with E-state index >= 15 is 0 Å². The molecule has 0 radical (unpaired) electrons. The van der Waals surface area contributed by atoms with Crippen LogP contribution in [0.5, 0.6) is 5.75 Å². The van der Waals surface area contributed by atoms with Crippen molar-refractivity contribution >= 4 is 17.0 Å². The standard InChI is InChI=1S/C22H25N3O3/c1-4-7-18(5-2)24-22(26)28-21-16(3)14-17(15-25-10-12-27-13-11-25)19-8-6-9-23-20(19)21/h4-9,14H,1-2,10-13,15H2,3H3,(H,24,26)/b18-7+. The van der Waals surface area contributed by atoms with Crippen molar-refractivity contribution in [1.29, 1.82) is 0 Å². The van der Waals surface area contributed by atoms with Crippen LogP contribution in [0.4, 0.5) is 4.79 Å². The number of morpholine rings is 1. The zero-order valence-corrected chi connectivity index (χ0v) is 16.1. The first-order chi connectivity index (χ1) is 13.6. The Labute approximate surface area is 165 Å². The third-order valence-electron chi connectivity index (χ3n) is 4.57. The van der Waals surface area contributed by atoms with Gasteiger partial charge in [-0.1, -0.05) is 31.4 Å². The molecule has 0 spiro atoms. The van der Waals surface area contributed by atoms with E-state index in [-0.39, 0.29) is 0 Å². The molecule has 2 heterocycles. The highest BCUT2D eigenvalue weighted by Crippen LogP contribution is 2.31. The van der Waals surface area contributed by atoms with Crippen LogP contribution in [-0.4, -0.2) is 42.3 Å². The molecule has 1 saturated heterocycles. The highest BCUT2D eigenvalue weighted by atomic mass is 16.6. The number of carbonyl (C=O) groups excluding carboxylic acids is 1. The van der Waals surface area contributed by atoms with E-state index in [1.165, 1.54) is 6.08 Å². The molecule has 6 heteroatoms. The van der Waals surface area contributed by atoms with Crippen molar-refractivity contribution in [3.05, 3.63) is 72.6 Å². The summed E-state index contributed by atoms with van der Waals surface area (Å²) < 4.78 is 11.0. The molecule has 1 fully saturated rings. The lowest BCUT2D eigenvalue weighted by atomic mass is 10.0. The number of nitrogens with one attached hydrogen (secondary N) is 1. The molecular weight excluding hydrogens is 354 g/mol. The number of nitrogens with zero attached hydrogens (tertiary/aromatic N) is 2. The Morgan fingerprint density at radius 2 is 2.18 bits per heavy atom. The summed E-state index contributed by atoms with van der Waals surface area (Å²) in [4.78, 5) is 19.2. The number of aryl methyl sites for hydroxylation is 1. The van der Waals surface area contributed by atoms with Crippen LogP contribution >= 0.6 is 0 Å². The number of pyridine rings is 1. The molecule has 1 N–H and O–H groups in total. The van der Waals surface area contributed by atoms with Gasteiger partial charge in [0.15, 0.2) is 5.75 Å². The van der Waals surface area contributed by atoms with E-state index < -0.39 is 6.09 Å².